The van der Waals surface area contributed by atoms with E-state index in [1.165, 1.54) is 0 Å². The van der Waals surface area contributed by atoms with Gasteiger partial charge in [0.05, 0.1) is 10.4 Å². The second-order valence-corrected chi connectivity index (χ2v) is 4.91. The van der Waals surface area contributed by atoms with Crippen molar-refractivity contribution < 1.29 is 4.79 Å². The third-order valence-corrected chi connectivity index (χ3v) is 3.21. The molecule has 4 nitrogen and oxygen atoms in total. The zero-order valence-corrected chi connectivity index (χ0v) is 10.2. The number of likely N-dealkylation sites (tertiary alicyclic amines) is 1. The lowest BCUT2D eigenvalue weighted by atomic mass is 9.89. The molecule has 1 heterocycles. The molecule has 3 N–H and O–H groups in total. The van der Waals surface area contributed by atoms with Crippen LogP contribution in [0.1, 0.15) is 19.8 Å². The lowest BCUT2D eigenvalue weighted by Gasteiger charge is -2.22. The molecule has 0 saturated carbocycles. The van der Waals surface area contributed by atoms with Crippen LogP contribution < -0.4 is 11.1 Å². The van der Waals surface area contributed by atoms with Gasteiger partial charge >= 0.3 is 0 Å². The van der Waals surface area contributed by atoms with E-state index < -0.39 is 0 Å². The second-order valence-electron chi connectivity index (χ2n) is 4.38. The van der Waals surface area contributed by atoms with Gasteiger partial charge in [0, 0.05) is 26.6 Å². The molecular formula is C10H19N3OS. The highest BCUT2D eigenvalue weighted by Gasteiger charge is 2.39. The number of amides is 1. The van der Waals surface area contributed by atoms with Gasteiger partial charge in [-0.3, -0.25) is 4.79 Å². The minimum Gasteiger partial charge on any atom is -0.393 e. The van der Waals surface area contributed by atoms with Crippen LogP contribution in [0.2, 0.25) is 0 Å². The van der Waals surface area contributed by atoms with Gasteiger partial charge in [-0.25, -0.2) is 0 Å². The first-order valence-electron chi connectivity index (χ1n) is 5.21. The van der Waals surface area contributed by atoms with Gasteiger partial charge < -0.3 is 16.0 Å². The maximum atomic E-state index is 11.6. The third kappa shape index (κ3) is 3.14. The predicted molar refractivity (Wildman–Crippen MR) is 64.6 cm³/mol. The van der Waals surface area contributed by atoms with Gasteiger partial charge in [-0.15, -0.1) is 0 Å². The molecule has 1 saturated heterocycles. The SMILES string of the molecule is CNC(=O)C1(C)CCN(CCC(N)=S)C1. The highest BCUT2D eigenvalue weighted by Crippen LogP contribution is 2.29. The van der Waals surface area contributed by atoms with E-state index in [4.69, 9.17) is 18.0 Å². The molecule has 15 heavy (non-hydrogen) atoms. The Balaban J connectivity index is 2.44. The van der Waals surface area contributed by atoms with E-state index in [-0.39, 0.29) is 11.3 Å². The van der Waals surface area contributed by atoms with Gasteiger partial charge in [0.1, 0.15) is 0 Å². The standard InChI is InChI=1S/C10H19N3OS/c1-10(9(14)12-2)4-6-13(7-10)5-3-8(11)15/h3-7H2,1-2H3,(H2,11,15)(H,12,14). The molecule has 1 aliphatic rings. The van der Waals surface area contributed by atoms with Gasteiger partial charge in [-0.2, -0.15) is 0 Å². The predicted octanol–water partition coefficient (Wildman–Crippen LogP) is 0.121. The number of carbonyl (C=O) groups excluding carboxylic acids is 1. The fourth-order valence-corrected chi connectivity index (χ4v) is 2.09. The van der Waals surface area contributed by atoms with Crippen molar-refractivity contribution in [3.8, 4) is 0 Å². The number of nitrogens with two attached hydrogens (primary N) is 1. The number of hydrogen-bond donors (Lipinski definition) is 2. The molecule has 1 rings (SSSR count). The summed E-state index contributed by atoms with van der Waals surface area (Å²) in [4.78, 5) is 14.4. The van der Waals surface area contributed by atoms with Crippen LogP contribution in [0.15, 0.2) is 0 Å². The van der Waals surface area contributed by atoms with Crippen LogP contribution in [0, 0.1) is 5.41 Å². The van der Waals surface area contributed by atoms with Crippen LogP contribution in [-0.4, -0.2) is 42.5 Å². The summed E-state index contributed by atoms with van der Waals surface area (Å²) < 4.78 is 0. The van der Waals surface area contributed by atoms with Crippen molar-refractivity contribution in [2.75, 3.05) is 26.7 Å². The monoisotopic (exact) mass is 229 g/mol. The number of nitrogens with one attached hydrogen (secondary N) is 1. The molecule has 1 fully saturated rings. The Kier molecular flexibility index (Phi) is 4.04. The van der Waals surface area contributed by atoms with Gasteiger partial charge in [0.25, 0.3) is 0 Å². The lowest BCUT2D eigenvalue weighted by molar-refractivity contribution is -0.129. The first-order chi connectivity index (χ1) is 6.98. The summed E-state index contributed by atoms with van der Waals surface area (Å²) in [6.07, 6.45) is 1.64. The Morgan fingerprint density at radius 1 is 1.67 bits per heavy atom. The van der Waals surface area contributed by atoms with E-state index in [9.17, 15) is 4.79 Å². The minimum absolute atomic E-state index is 0.125. The summed E-state index contributed by atoms with van der Waals surface area (Å²) in [6, 6.07) is 0. The van der Waals surface area contributed by atoms with Crippen LogP contribution in [0.4, 0.5) is 0 Å². The van der Waals surface area contributed by atoms with Gasteiger partial charge in [-0.05, 0) is 19.9 Å². The van der Waals surface area contributed by atoms with Crippen molar-refractivity contribution in [2.45, 2.75) is 19.8 Å². The topological polar surface area (TPSA) is 58.4 Å². The minimum atomic E-state index is -0.245. The maximum absolute atomic E-state index is 11.6. The van der Waals surface area contributed by atoms with E-state index in [1.807, 2.05) is 6.92 Å². The molecule has 0 aliphatic carbocycles. The van der Waals surface area contributed by atoms with Crippen molar-refractivity contribution in [1.29, 1.82) is 0 Å². The summed E-state index contributed by atoms with van der Waals surface area (Å²) in [5, 5.41) is 2.72. The van der Waals surface area contributed by atoms with Crippen LogP contribution in [0.5, 0.6) is 0 Å². The number of carbonyl (C=O) groups is 1. The summed E-state index contributed by atoms with van der Waals surface area (Å²) in [5.74, 6) is 0.125. The smallest absolute Gasteiger partial charge is 0.227 e. The molecule has 1 amide bonds. The van der Waals surface area contributed by atoms with Crippen molar-refractivity contribution in [2.24, 2.45) is 11.1 Å². The van der Waals surface area contributed by atoms with Crippen LogP contribution in [0.3, 0.4) is 0 Å². The molecule has 0 aromatic heterocycles. The van der Waals surface area contributed by atoms with Crippen molar-refractivity contribution in [3.05, 3.63) is 0 Å². The fraction of sp³-hybridized carbons (Fsp3) is 0.800. The summed E-state index contributed by atoms with van der Waals surface area (Å²) in [7, 11) is 1.69. The Labute approximate surface area is 96.2 Å². The first-order valence-corrected chi connectivity index (χ1v) is 5.61. The number of nitrogens with zero attached hydrogens (tertiary/aromatic N) is 1. The average Bonchev–Trinajstić information content (AvgIpc) is 2.57. The normalized spacial score (nSPS) is 26.5. The van der Waals surface area contributed by atoms with Crippen molar-refractivity contribution in [3.63, 3.8) is 0 Å². The molecule has 0 radical (unpaired) electrons. The van der Waals surface area contributed by atoms with Crippen LogP contribution in [0.25, 0.3) is 0 Å². The Morgan fingerprint density at radius 2 is 2.33 bits per heavy atom. The molecule has 1 unspecified atom stereocenters. The van der Waals surface area contributed by atoms with E-state index in [2.05, 4.69) is 10.2 Å². The van der Waals surface area contributed by atoms with E-state index in [1.54, 1.807) is 7.05 Å². The number of rotatable bonds is 4. The first kappa shape index (κ1) is 12.4. The van der Waals surface area contributed by atoms with E-state index in [0.29, 0.717) is 4.99 Å². The van der Waals surface area contributed by atoms with E-state index >= 15 is 0 Å². The Morgan fingerprint density at radius 3 is 2.87 bits per heavy atom. The molecule has 0 bridgehead atoms. The molecule has 5 heteroatoms. The van der Waals surface area contributed by atoms with Gasteiger partial charge in [0.2, 0.25) is 5.91 Å². The average molecular weight is 229 g/mol. The summed E-state index contributed by atoms with van der Waals surface area (Å²) >= 11 is 4.83. The molecule has 1 atom stereocenters. The highest BCUT2D eigenvalue weighted by atomic mass is 32.1. The Bertz CT molecular complexity index is 269. The molecule has 0 aromatic rings. The lowest BCUT2D eigenvalue weighted by Crippen LogP contribution is -2.39. The fourth-order valence-electron chi connectivity index (χ4n) is 2.00. The third-order valence-electron chi connectivity index (χ3n) is 3.00. The molecule has 0 spiro atoms. The molecule has 86 valence electrons. The molecular weight excluding hydrogens is 210 g/mol. The largest absolute Gasteiger partial charge is 0.393 e. The van der Waals surface area contributed by atoms with Gasteiger partial charge in [0.15, 0.2) is 0 Å². The quantitative estimate of drug-likeness (QED) is 0.672. The number of hydrogen-bond acceptors (Lipinski definition) is 3. The molecule has 0 aromatic carbocycles. The highest BCUT2D eigenvalue weighted by molar-refractivity contribution is 7.80. The van der Waals surface area contributed by atoms with Gasteiger partial charge in [-0.1, -0.05) is 12.2 Å². The Hall–Kier alpha value is -0.680. The second kappa shape index (κ2) is 4.90. The van der Waals surface area contributed by atoms with Crippen LogP contribution in [-0.2, 0) is 4.79 Å². The van der Waals surface area contributed by atoms with Crippen LogP contribution >= 0.6 is 12.2 Å². The molecule has 1 aliphatic heterocycles. The van der Waals surface area contributed by atoms with E-state index in [0.717, 1.165) is 32.5 Å². The maximum Gasteiger partial charge on any atom is 0.227 e. The number of thiocarbonyl (C=S) groups is 1. The van der Waals surface area contributed by atoms with Crippen molar-refractivity contribution in [1.82, 2.24) is 10.2 Å². The summed E-state index contributed by atoms with van der Waals surface area (Å²) in [5.41, 5.74) is 5.20. The van der Waals surface area contributed by atoms with Crippen molar-refractivity contribution >= 4 is 23.1 Å². The summed E-state index contributed by atoms with van der Waals surface area (Å²) in [6.45, 7) is 4.62. The zero-order valence-electron chi connectivity index (χ0n) is 9.38. The zero-order chi connectivity index (χ0) is 11.5.